The Morgan fingerprint density at radius 1 is 1.33 bits per heavy atom. The van der Waals surface area contributed by atoms with E-state index in [4.69, 9.17) is 0 Å². The van der Waals surface area contributed by atoms with Gasteiger partial charge in [-0.2, -0.15) is 0 Å². The molecule has 1 atom stereocenters. The molecule has 1 aromatic carbocycles. The fraction of sp³-hybridized carbons (Fsp3) is 0.538. The Morgan fingerprint density at radius 2 is 2.00 bits per heavy atom. The van der Waals surface area contributed by atoms with Crippen LogP contribution in [0.25, 0.3) is 0 Å². The molecule has 0 bridgehead atoms. The molecule has 0 saturated carbocycles. The molecule has 1 rings (SSSR count). The standard InChI is InChI=1S/C13H22OSi/c1-4-9-13(2,15-3)10-11-7-5-6-8-12(11)14/h5-8,14H,4,9-10,15H2,1-3H3. The maximum Gasteiger partial charge on any atom is 0.118 e. The summed E-state index contributed by atoms with van der Waals surface area (Å²) in [5, 5.41) is 10.2. The van der Waals surface area contributed by atoms with Crippen LogP contribution < -0.4 is 0 Å². The largest absolute Gasteiger partial charge is 0.508 e. The van der Waals surface area contributed by atoms with Crippen LogP contribution >= 0.6 is 0 Å². The number of para-hydroxylation sites is 1. The zero-order chi connectivity index (χ0) is 11.3. The third-order valence-corrected chi connectivity index (χ3v) is 5.63. The second-order valence-corrected chi connectivity index (χ2v) is 7.13. The highest BCUT2D eigenvalue weighted by Crippen LogP contribution is 2.36. The lowest BCUT2D eigenvalue weighted by Gasteiger charge is -2.28. The molecular weight excluding hydrogens is 200 g/mol. The van der Waals surface area contributed by atoms with Crippen molar-refractivity contribution in [3.05, 3.63) is 29.8 Å². The average molecular weight is 222 g/mol. The number of phenols is 1. The lowest BCUT2D eigenvalue weighted by atomic mass is 9.95. The van der Waals surface area contributed by atoms with E-state index in [1.165, 1.54) is 12.8 Å². The number of hydrogen-bond acceptors (Lipinski definition) is 1. The molecule has 0 aliphatic heterocycles. The molecule has 0 saturated heterocycles. The first-order valence-electron chi connectivity index (χ1n) is 5.88. The Hall–Kier alpha value is -0.763. The summed E-state index contributed by atoms with van der Waals surface area (Å²) in [6.07, 6.45) is 3.56. The molecule has 1 N–H and O–H groups in total. The van der Waals surface area contributed by atoms with Crippen molar-refractivity contribution in [2.75, 3.05) is 0 Å². The molecule has 0 fully saturated rings. The van der Waals surface area contributed by atoms with Crippen LogP contribution in [0, 0.1) is 0 Å². The molecule has 1 aromatic rings. The lowest BCUT2D eigenvalue weighted by molar-refractivity contribution is 0.456. The minimum atomic E-state index is -0.0504. The zero-order valence-electron chi connectivity index (χ0n) is 10.1. The molecule has 15 heavy (non-hydrogen) atoms. The fourth-order valence-electron chi connectivity index (χ4n) is 2.11. The van der Waals surface area contributed by atoms with E-state index in [2.05, 4.69) is 20.4 Å². The third kappa shape index (κ3) is 3.38. The van der Waals surface area contributed by atoms with Gasteiger partial charge in [0.1, 0.15) is 5.75 Å². The van der Waals surface area contributed by atoms with E-state index in [9.17, 15) is 5.11 Å². The first kappa shape index (κ1) is 12.3. The molecule has 0 heterocycles. The normalized spacial score (nSPS) is 15.7. The smallest absolute Gasteiger partial charge is 0.118 e. The summed E-state index contributed by atoms with van der Waals surface area (Å²) in [7, 11) is -0.0504. The van der Waals surface area contributed by atoms with Gasteiger partial charge in [-0.25, -0.2) is 0 Å². The van der Waals surface area contributed by atoms with E-state index in [1.807, 2.05) is 18.2 Å². The molecule has 0 amide bonds. The molecule has 0 aromatic heterocycles. The van der Waals surface area contributed by atoms with E-state index in [1.54, 1.807) is 6.07 Å². The van der Waals surface area contributed by atoms with Crippen LogP contribution in [0.2, 0.25) is 11.6 Å². The van der Waals surface area contributed by atoms with Gasteiger partial charge in [0.05, 0.1) is 0 Å². The average Bonchev–Trinajstić information content (AvgIpc) is 2.22. The second kappa shape index (κ2) is 5.36. The van der Waals surface area contributed by atoms with Gasteiger partial charge in [0.15, 0.2) is 0 Å². The zero-order valence-corrected chi connectivity index (χ0v) is 11.5. The maximum atomic E-state index is 9.75. The van der Waals surface area contributed by atoms with Gasteiger partial charge in [-0.15, -0.1) is 0 Å². The van der Waals surface area contributed by atoms with Gasteiger partial charge in [-0.1, -0.05) is 51.4 Å². The van der Waals surface area contributed by atoms with E-state index in [0.29, 0.717) is 10.8 Å². The van der Waals surface area contributed by atoms with Gasteiger partial charge in [0.25, 0.3) is 0 Å². The van der Waals surface area contributed by atoms with Crippen LogP contribution in [0.1, 0.15) is 32.3 Å². The van der Waals surface area contributed by atoms with Gasteiger partial charge in [0.2, 0.25) is 0 Å². The van der Waals surface area contributed by atoms with Crippen LogP contribution in [0.3, 0.4) is 0 Å². The number of aromatic hydroxyl groups is 1. The summed E-state index contributed by atoms with van der Waals surface area (Å²) in [6.45, 7) is 6.98. The van der Waals surface area contributed by atoms with Crippen molar-refractivity contribution in [2.24, 2.45) is 0 Å². The summed E-state index contributed by atoms with van der Waals surface area (Å²) in [6, 6.07) is 7.74. The quantitative estimate of drug-likeness (QED) is 0.759. The van der Waals surface area contributed by atoms with Gasteiger partial charge in [-0.3, -0.25) is 0 Å². The molecule has 0 spiro atoms. The molecular formula is C13H22OSi. The molecule has 2 heteroatoms. The van der Waals surface area contributed by atoms with Crippen LogP contribution in [-0.4, -0.2) is 14.6 Å². The van der Waals surface area contributed by atoms with Crippen LogP contribution in [0.4, 0.5) is 0 Å². The Balaban J connectivity index is 2.79. The summed E-state index contributed by atoms with van der Waals surface area (Å²) in [5.41, 5.74) is 1.11. The summed E-state index contributed by atoms with van der Waals surface area (Å²) in [4.78, 5) is 0. The van der Waals surface area contributed by atoms with Crippen molar-refractivity contribution in [1.29, 1.82) is 0 Å². The summed E-state index contributed by atoms with van der Waals surface area (Å²) in [5.74, 6) is 0.460. The molecule has 1 unspecified atom stereocenters. The van der Waals surface area contributed by atoms with Crippen LogP contribution in [0.5, 0.6) is 5.75 Å². The summed E-state index contributed by atoms with van der Waals surface area (Å²) >= 11 is 0. The van der Waals surface area contributed by atoms with Crippen molar-refractivity contribution < 1.29 is 5.11 Å². The number of phenolic OH excluding ortho intramolecular Hbond substituents is 1. The Bertz CT molecular complexity index is 311. The first-order chi connectivity index (χ1) is 7.11. The molecule has 0 aliphatic carbocycles. The fourth-order valence-corrected chi connectivity index (χ4v) is 3.34. The minimum absolute atomic E-state index is 0.0504. The maximum absolute atomic E-state index is 9.75. The first-order valence-corrected chi connectivity index (χ1v) is 8.00. The summed E-state index contributed by atoms with van der Waals surface area (Å²) < 4.78 is 0. The number of hydrogen-bond donors (Lipinski definition) is 1. The van der Waals surface area contributed by atoms with E-state index in [0.717, 1.165) is 12.0 Å². The van der Waals surface area contributed by atoms with Crippen LogP contribution in [-0.2, 0) is 6.42 Å². The van der Waals surface area contributed by atoms with E-state index < -0.39 is 0 Å². The van der Waals surface area contributed by atoms with Crippen LogP contribution in [0.15, 0.2) is 24.3 Å². The van der Waals surface area contributed by atoms with Crippen molar-refractivity contribution in [3.63, 3.8) is 0 Å². The molecule has 0 radical (unpaired) electrons. The van der Waals surface area contributed by atoms with Crippen molar-refractivity contribution in [2.45, 2.75) is 44.7 Å². The van der Waals surface area contributed by atoms with E-state index >= 15 is 0 Å². The Kier molecular flexibility index (Phi) is 4.39. The van der Waals surface area contributed by atoms with Crippen molar-refractivity contribution in [1.82, 2.24) is 0 Å². The minimum Gasteiger partial charge on any atom is -0.508 e. The van der Waals surface area contributed by atoms with Crippen molar-refractivity contribution in [3.8, 4) is 5.75 Å². The van der Waals surface area contributed by atoms with E-state index in [-0.39, 0.29) is 9.52 Å². The predicted molar refractivity (Wildman–Crippen MR) is 69.5 cm³/mol. The van der Waals surface area contributed by atoms with Gasteiger partial charge < -0.3 is 5.11 Å². The highest BCUT2D eigenvalue weighted by molar-refractivity contribution is 6.38. The highest BCUT2D eigenvalue weighted by atomic mass is 28.2. The predicted octanol–water partition coefficient (Wildman–Crippen LogP) is 3.13. The molecule has 84 valence electrons. The highest BCUT2D eigenvalue weighted by Gasteiger charge is 2.22. The Labute approximate surface area is 95.4 Å². The Morgan fingerprint density at radius 3 is 2.53 bits per heavy atom. The molecule has 1 nitrogen and oxygen atoms in total. The monoisotopic (exact) mass is 222 g/mol. The third-order valence-electron chi connectivity index (χ3n) is 3.32. The lowest BCUT2D eigenvalue weighted by Crippen LogP contribution is -2.17. The number of benzene rings is 1. The van der Waals surface area contributed by atoms with Gasteiger partial charge in [-0.05, 0) is 23.1 Å². The van der Waals surface area contributed by atoms with Gasteiger partial charge in [0, 0.05) is 9.52 Å². The van der Waals surface area contributed by atoms with Crippen molar-refractivity contribution >= 4 is 9.52 Å². The van der Waals surface area contributed by atoms with Gasteiger partial charge >= 0.3 is 0 Å². The second-order valence-electron chi connectivity index (χ2n) is 4.72. The molecule has 0 aliphatic rings. The number of rotatable bonds is 5. The SMILES string of the molecule is CCCC(C)(Cc1ccccc1O)[SiH2]C. The topological polar surface area (TPSA) is 20.2 Å².